The molecule has 0 aliphatic carbocycles. The average molecular weight is 278 g/mol. The van der Waals surface area contributed by atoms with Crippen LogP contribution < -0.4 is 5.32 Å². The molecule has 3 amide bonds. The van der Waals surface area contributed by atoms with E-state index in [1.165, 1.54) is 0 Å². The molecule has 6 heteroatoms. The van der Waals surface area contributed by atoms with Gasteiger partial charge in [-0.05, 0) is 24.6 Å². The molecule has 1 aromatic carbocycles. The molecule has 0 aromatic heterocycles. The molecule has 1 aliphatic heterocycles. The number of hydrogen-bond acceptors (Lipinski definition) is 3. The number of carbonyl (C=O) groups excluding carboxylic acids is 2. The third-order valence-corrected chi connectivity index (χ3v) is 3.16. The summed E-state index contributed by atoms with van der Waals surface area (Å²) in [5.74, 6) is -0.729. The summed E-state index contributed by atoms with van der Waals surface area (Å²) in [6.07, 6.45) is 0. The van der Waals surface area contributed by atoms with Crippen molar-refractivity contribution in [1.82, 2.24) is 10.2 Å². The van der Waals surface area contributed by atoms with E-state index in [4.69, 9.17) is 16.9 Å². The lowest BCUT2D eigenvalue weighted by Gasteiger charge is -2.14. The van der Waals surface area contributed by atoms with Gasteiger partial charge in [0.25, 0.3) is 5.91 Å². The lowest BCUT2D eigenvalue weighted by Crippen LogP contribution is -2.34. The SMILES string of the molecule is CC(C#N)CN1C(=O)NC(c2ccc(Cl)cc2)C1=O. The maximum Gasteiger partial charge on any atom is 0.325 e. The number of hydrogen-bond donors (Lipinski definition) is 1. The predicted octanol–water partition coefficient (Wildman–Crippen LogP) is 2.09. The van der Waals surface area contributed by atoms with Crippen LogP contribution in [-0.4, -0.2) is 23.4 Å². The first-order valence-corrected chi connectivity index (χ1v) is 6.17. The van der Waals surface area contributed by atoms with Crippen LogP contribution in [0.1, 0.15) is 18.5 Å². The first-order chi connectivity index (χ1) is 9.02. The fraction of sp³-hybridized carbons (Fsp3) is 0.308. The van der Waals surface area contributed by atoms with Crippen LogP contribution in [0.25, 0.3) is 0 Å². The molecule has 0 radical (unpaired) electrons. The molecule has 0 saturated carbocycles. The lowest BCUT2D eigenvalue weighted by atomic mass is 10.1. The minimum atomic E-state index is -0.698. The van der Waals surface area contributed by atoms with E-state index in [-0.39, 0.29) is 12.5 Å². The van der Waals surface area contributed by atoms with Crippen molar-refractivity contribution >= 4 is 23.5 Å². The van der Waals surface area contributed by atoms with Gasteiger partial charge in [0.2, 0.25) is 0 Å². The van der Waals surface area contributed by atoms with Gasteiger partial charge in [0, 0.05) is 11.6 Å². The number of nitrogens with one attached hydrogen (secondary N) is 1. The van der Waals surface area contributed by atoms with E-state index in [9.17, 15) is 9.59 Å². The molecule has 2 unspecified atom stereocenters. The van der Waals surface area contributed by atoms with Crippen LogP contribution in [0.3, 0.4) is 0 Å². The minimum Gasteiger partial charge on any atom is -0.322 e. The van der Waals surface area contributed by atoms with Crippen molar-refractivity contribution < 1.29 is 9.59 Å². The molecular weight excluding hydrogens is 266 g/mol. The summed E-state index contributed by atoms with van der Waals surface area (Å²) in [6.45, 7) is 1.77. The summed E-state index contributed by atoms with van der Waals surface area (Å²) in [6, 6.07) is 7.56. The summed E-state index contributed by atoms with van der Waals surface area (Å²) in [5, 5.41) is 11.9. The molecule has 1 aliphatic rings. The Morgan fingerprint density at radius 2 is 2.05 bits per heavy atom. The van der Waals surface area contributed by atoms with E-state index in [2.05, 4.69) is 5.32 Å². The Bertz CT molecular complexity index is 550. The zero-order chi connectivity index (χ0) is 14.0. The first-order valence-electron chi connectivity index (χ1n) is 5.80. The Kier molecular flexibility index (Phi) is 3.72. The zero-order valence-electron chi connectivity index (χ0n) is 10.3. The Morgan fingerprint density at radius 3 is 2.63 bits per heavy atom. The topological polar surface area (TPSA) is 73.2 Å². The highest BCUT2D eigenvalue weighted by Gasteiger charge is 2.39. The highest BCUT2D eigenvalue weighted by atomic mass is 35.5. The van der Waals surface area contributed by atoms with E-state index < -0.39 is 18.0 Å². The maximum atomic E-state index is 12.2. The van der Waals surface area contributed by atoms with E-state index in [1.807, 2.05) is 6.07 Å². The van der Waals surface area contributed by atoms with Crippen LogP contribution >= 0.6 is 11.6 Å². The standard InChI is InChI=1S/C13H12ClN3O2/c1-8(6-15)7-17-12(18)11(16-13(17)19)9-2-4-10(14)5-3-9/h2-5,8,11H,7H2,1H3,(H,16,19). The Balaban J connectivity index is 2.18. The van der Waals surface area contributed by atoms with E-state index in [0.717, 1.165) is 4.90 Å². The van der Waals surface area contributed by atoms with Crippen molar-refractivity contribution in [3.05, 3.63) is 34.9 Å². The van der Waals surface area contributed by atoms with Gasteiger partial charge in [0.15, 0.2) is 0 Å². The maximum absolute atomic E-state index is 12.2. The van der Waals surface area contributed by atoms with Gasteiger partial charge < -0.3 is 5.32 Å². The predicted molar refractivity (Wildman–Crippen MR) is 69.2 cm³/mol. The molecule has 1 fully saturated rings. The van der Waals surface area contributed by atoms with Gasteiger partial charge in [0.05, 0.1) is 12.0 Å². The third-order valence-electron chi connectivity index (χ3n) is 2.91. The summed E-state index contributed by atoms with van der Waals surface area (Å²) < 4.78 is 0. The minimum absolute atomic E-state index is 0.102. The fourth-order valence-corrected chi connectivity index (χ4v) is 2.01. The summed E-state index contributed by atoms with van der Waals surface area (Å²) >= 11 is 5.78. The number of nitriles is 1. The second-order valence-corrected chi connectivity index (χ2v) is 4.85. The molecular formula is C13H12ClN3O2. The molecule has 0 bridgehead atoms. The zero-order valence-corrected chi connectivity index (χ0v) is 11.0. The number of nitrogens with zero attached hydrogens (tertiary/aromatic N) is 2. The summed E-state index contributed by atoms with van der Waals surface area (Å²) in [7, 11) is 0. The molecule has 1 saturated heterocycles. The van der Waals surface area contributed by atoms with E-state index in [0.29, 0.717) is 10.6 Å². The third kappa shape index (κ3) is 2.69. The van der Waals surface area contributed by atoms with E-state index >= 15 is 0 Å². The summed E-state index contributed by atoms with van der Waals surface area (Å²) in [4.78, 5) is 25.0. The van der Waals surface area contributed by atoms with Crippen molar-refractivity contribution in [2.45, 2.75) is 13.0 Å². The number of urea groups is 1. The normalized spacial score (nSPS) is 20.1. The number of benzene rings is 1. The van der Waals surface area contributed by atoms with Crippen LogP contribution in [0.4, 0.5) is 4.79 Å². The van der Waals surface area contributed by atoms with Crippen molar-refractivity contribution in [1.29, 1.82) is 5.26 Å². The van der Waals surface area contributed by atoms with Crippen LogP contribution in [0.15, 0.2) is 24.3 Å². The van der Waals surface area contributed by atoms with Crippen LogP contribution in [0, 0.1) is 17.2 Å². The molecule has 19 heavy (non-hydrogen) atoms. The quantitative estimate of drug-likeness (QED) is 0.860. The molecule has 0 spiro atoms. The van der Waals surface area contributed by atoms with Crippen molar-refractivity contribution in [3.63, 3.8) is 0 Å². The highest BCUT2D eigenvalue weighted by molar-refractivity contribution is 6.30. The van der Waals surface area contributed by atoms with Crippen molar-refractivity contribution in [2.75, 3.05) is 6.54 Å². The molecule has 2 rings (SSSR count). The largest absolute Gasteiger partial charge is 0.325 e. The van der Waals surface area contributed by atoms with Gasteiger partial charge >= 0.3 is 6.03 Å². The van der Waals surface area contributed by atoms with Gasteiger partial charge in [-0.2, -0.15) is 5.26 Å². The molecule has 5 nitrogen and oxygen atoms in total. The van der Waals surface area contributed by atoms with Crippen molar-refractivity contribution in [2.24, 2.45) is 5.92 Å². The van der Waals surface area contributed by atoms with E-state index in [1.54, 1.807) is 31.2 Å². The Morgan fingerprint density at radius 1 is 1.42 bits per heavy atom. The molecule has 98 valence electrons. The van der Waals surface area contributed by atoms with Crippen LogP contribution in [0.2, 0.25) is 5.02 Å². The van der Waals surface area contributed by atoms with Crippen molar-refractivity contribution in [3.8, 4) is 6.07 Å². The molecule has 1 aromatic rings. The van der Waals surface area contributed by atoms with Crippen LogP contribution in [0.5, 0.6) is 0 Å². The smallest absolute Gasteiger partial charge is 0.322 e. The highest BCUT2D eigenvalue weighted by Crippen LogP contribution is 2.23. The lowest BCUT2D eigenvalue weighted by molar-refractivity contribution is -0.127. The summed E-state index contributed by atoms with van der Waals surface area (Å²) in [5.41, 5.74) is 0.676. The van der Waals surface area contributed by atoms with Gasteiger partial charge in [-0.3, -0.25) is 9.69 Å². The van der Waals surface area contributed by atoms with Crippen LogP contribution in [-0.2, 0) is 4.79 Å². The second kappa shape index (κ2) is 5.29. The number of amides is 3. The number of carbonyl (C=O) groups is 2. The Labute approximate surface area is 115 Å². The monoisotopic (exact) mass is 277 g/mol. The first kappa shape index (κ1) is 13.4. The van der Waals surface area contributed by atoms with Gasteiger partial charge in [0.1, 0.15) is 6.04 Å². The number of rotatable bonds is 3. The van der Waals surface area contributed by atoms with Gasteiger partial charge in [-0.15, -0.1) is 0 Å². The molecule has 1 N–H and O–H groups in total. The average Bonchev–Trinajstić information content (AvgIpc) is 2.67. The van der Waals surface area contributed by atoms with Gasteiger partial charge in [-0.1, -0.05) is 23.7 Å². The Hall–Kier alpha value is -2.06. The fourth-order valence-electron chi connectivity index (χ4n) is 1.89. The number of imide groups is 1. The van der Waals surface area contributed by atoms with Gasteiger partial charge in [-0.25, -0.2) is 4.79 Å². The number of halogens is 1. The molecule has 2 atom stereocenters. The second-order valence-electron chi connectivity index (χ2n) is 4.41. The molecule has 1 heterocycles.